The number of carbonyl (C=O) groups is 2. The van der Waals surface area contributed by atoms with Crippen molar-refractivity contribution in [2.75, 3.05) is 18.1 Å². The molecule has 0 radical (unpaired) electrons. The zero-order valence-electron chi connectivity index (χ0n) is 22.7. The van der Waals surface area contributed by atoms with Gasteiger partial charge in [-0.15, -0.1) is 0 Å². The van der Waals surface area contributed by atoms with Crippen molar-refractivity contribution in [1.29, 1.82) is 0 Å². The summed E-state index contributed by atoms with van der Waals surface area (Å²) in [6.45, 7) is 3.10. The Morgan fingerprint density at radius 2 is 1.73 bits per heavy atom. The van der Waals surface area contributed by atoms with Gasteiger partial charge in [0.15, 0.2) is 0 Å². The number of ether oxygens (including phenoxy) is 2. The van der Waals surface area contributed by atoms with E-state index >= 15 is 0 Å². The van der Waals surface area contributed by atoms with Gasteiger partial charge < -0.3 is 24.8 Å². The van der Waals surface area contributed by atoms with Gasteiger partial charge in [-0.3, -0.25) is 9.59 Å². The summed E-state index contributed by atoms with van der Waals surface area (Å²) in [6, 6.07) is 22.6. The Kier molecular flexibility index (Phi) is 8.94. The number of benzene rings is 3. The highest BCUT2D eigenvalue weighted by atomic mass is 16.5. The topological polar surface area (TPSA) is 88.1 Å². The number of amides is 2. The van der Waals surface area contributed by atoms with Gasteiger partial charge in [0, 0.05) is 36.3 Å². The largest absolute Gasteiger partial charge is 0.456 e. The molecule has 3 aromatic carbocycles. The van der Waals surface area contributed by atoms with E-state index in [0.29, 0.717) is 31.1 Å². The molecule has 2 aliphatic heterocycles. The minimum absolute atomic E-state index is 0.0862. The van der Waals surface area contributed by atoms with E-state index in [0.717, 1.165) is 41.7 Å². The van der Waals surface area contributed by atoms with Crippen LogP contribution in [0.2, 0.25) is 0 Å². The van der Waals surface area contributed by atoms with Crippen molar-refractivity contribution in [3.05, 3.63) is 89.5 Å². The molecule has 3 atom stereocenters. The summed E-state index contributed by atoms with van der Waals surface area (Å²) in [5.74, 6) is 0.834. The van der Waals surface area contributed by atoms with E-state index in [2.05, 4.69) is 5.32 Å². The fourth-order valence-corrected chi connectivity index (χ4v) is 5.42. The van der Waals surface area contributed by atoms with E-state index in [1.165, 1.54) is 0 Å². The highest BCUT2D eigenvalue weighted by Gasteiger charge is 2.32. The summed E-state index contributed by atoms with van der Waals surface area (Å²) >= 11 is 0. The molecule has 7 heteroatoms. The second-order valence-electron chi connectivity index (χ2n) is 10.5. The first-order valence-corrected chi connectivity index (χ1v) is 13.9. The minimum Gasteiger partial charge on any atom is -0.456 e. The molecule has 0 saturated carbocycles. The summed E-state index contributed by atoms with van der Waals surface area (Å²) in [4.78, 5) is 27.4. The van der Waals surface area contributed by atoms with E-state index < -0.39 is 18.1 Å². The monoisotopic (exact) mass is 540 g/mol. The zero-order valence-corrected chi connectivity index (χ0v) is 22.7. The van der Waals surface area contributed by atoms with Crippen LogP contribution in [-0.2, 0) is 20.7 Å². The summed E-state index contributed by atoms with van der Waals surface area (Å²) < 4.78 is 11.6. The normalized spacial score (nSPS) is 16.9. The third-order valence-electron chi connectivity index (χ3n) is 7.70. The predicted molar refractivity (Wildman–Crippen MR) is 156 cm³/mol. The molecule has 2 heterocycles. The van der Waals surface area contributed by atoms with Crippen molar-refractivity contribution in [2.24, 2.45) is 5.92 Å². The average Bonchev–Trinajstić information content (AvgIpc) is 3.18. The maximum Gasteiger partial charge on any atom is 0.223 e. The molecule has 208 valence electrons. The molecule has 0 aliphatic carbocycles. The smallest absolute Gasteiger partial charge is 0.223 e. The molecule has 2 amide bonds. The van der Waals surface area contributed by atoms with Gasteiger partial charge in [0.1, 0.15) is 11.5 Å². The summed E-state index contributed by atoms with van der Waals surface area (Å²) in [5, 5.41) is 14.7. The van der Waals surface area contributed by atoms with Gasteiger partial charge in [-0.25, -0.2) is 0 Å². The van der Waals surface area contributed by atoms with Crippen LogP contribution in [0, 0.1) is 5.92 Å². The number of carbonyl (C=O) groups excluding carboxylic acids is 2. The lowest BCUT2D eigenvalue weighted by Crippen LogP contribution is -2.47. The number of nitrogens with zero attached hydrogens (tertiary/aromatic N) is 1. The quantitative estimate of drug-likeness (QED) is 0.269. The number of nitrogens with one attached hydrogen (secondary N) is 1. The van der Waals surface area contributed by atoms with Gasteiger partial charge in [-0.05, 0) is 55.5 Å². The van der Waals surface area contributed by atoms with Crippen LogP contribution in [0.15, 0.2) is 72.8 Å². The molecule has 2 aliphatic rings. The van der Waals surface area contributed by atoms with Crippen LogP contribution in [0.4, 0.5) is 5.69 Å². The average molecular weight is 541 g/mol. The van der Waals surface area contributed by atoms with Gasteiger partial charge in [-0.2, -0.15) is 0 Å². The second-order valence-corrected chi connectivity index (χ2v) is 10.5. The first-order valence-electron chi connectivity index (χ1n) is 13.9. The maximum atomic E-state index is 13.0. The van der Waals surface area contributed by atoms with Crippen LogP contribution in [0.5, 0.6) is 11.5 Å². The first-order chi connectivity index (χ1) is 19.5. The molecule has 0 unspecified atom stereocenters. The van der Waals surface area contributed by atoms with Crippen molar-refractivity contribution in [1.82, 2.24) is 5.32 Å². The Hall–Kier alpha value is -3.94. The lowest BCUT2D eigenvalue weighted by Gasteiger charge is -2.34. The van der Waals surface area contributed by atoms with Crippen LogP contribution in [0.25, 0.3) is 12.2 Å². The number of rotatable bonds is 10. The minimum atomic E-state index is -0.954. The number of anilines is 1. The predicted octanol–water partition coefficient (Wildman–Crippen LogP) is 5.22. The van der Waals surface area contributed by atoms with Crippen molar-refractivity contribution >= 4 is 30.2 Å². The number of hydrogen-bond donors (Lipinski definition) is 2. The summed E-state index contributed by atoms with van der Waals surface area (Å²) in [7, 11) is 0. The molecule has 40 heavy (non-hydrogen) atoms. The molecule has 7 nitrogen and oxygen atoms in total. The third kappa shape index (κ3) is 6.43. The summed E-state index contributed by atoms with van der Waals surface area (Å²) in [5.41, 5.74) is 3.31. The maximum absolute atomic E-state index is 13.0. The third-order valence-corrected chi connectivity index (χ3v) is 7.70. The number of aliphatic hydroxyl groups excluding tert-OH is 1. The number of aliphatic hydroxyl groups is 1. The fourth-order valence-electron chi connectivity index (χ4n) is 5.42. The molecule has 0 bridgehead atoms. The lowest BCUT2D eigenvalue weighted by molar-refractivity contribution is -0.126. The summed E-state index contributed by atoms with van der Waals surface area (Å²) in [6.07, 6.45) is 5.94. The van der Waals surface area contributed by atoms with Gasteiger partial charge in [0.25, 0.3) is 0 Å². The van der Waals surface area contributed by atoms with Crippen molar-refractivity contribution in [3.8, 4) is 11.5 Å². The Morgan fingerprint density at radius 1 is 1.00 bits per heavy atom. The van der Waals surface area contributed by atoms with Crippen LogP contribution in [0.1, 0.15) is 42.9 Å². The Balaban J connectivity index is 1.42. The second kappa shape index (κ2) is 12.9. The van der Waals surface area contributed by atoms with E-state index in [-0.39, 0.29) is 18.4 Å². The van der Waals surface area contributed by atoms with Crippen LogP contribution >= 0.6 is 0 Å². The number of fused-ring (bicyclic) bond motifs is 2. The van der Waals surface area contributed by atoms with E-state index in [1.54, 1.807) is 4.90 Å². The SMILES string of the molecule is C[C@H](C[C@H](O)[C@H](Cc1ccccc1)N(C=O)c1cccc2c1C=Cc1ccccc1O2)C(=O)NC1CCOCC1. The molecular weight excluding hydrogens is 504 g/mol. The van der Waals surface area contributed by atoms with Gasteiger partial charge in [0.05, 0.1) is 17.8 Å². The first kappa shape index (κ1) is 27.6. The van der Waals surface area contributed by atoms with E-state index in [1.807, 2.05) is 91.9 Å². The molecule has 1 fully saturated rings. The van der Waals surface area contributed by atoms with Gasteiger partial charge in [0.2, 0.25) is 12.3 Å². The fraction of sp³-hybridized carbons (Fsp3) is 0.333. The van der Waals surface area contributed by atoms with Crippen molar-refractivity contribution in [2.45, 2.75) is 50.8 Å². The van der Waals surface area contributed by atoms with Crippen LogP contribution in [0.3, 0.4) is 0 Å². The van der Waals surface area contributed by atoms with E-state index in [4.69, 9.17) is 9.47 Å². The Morgan fingerprint density at radius 3 is 2.50 bits per heavy atom. The van der Waals surface area contributed by atoms with Crippen LogP contribution < -0.4 is 15.0 Å². The molecule has 2 N–H and O–H groups in total. The van der Waals surface area contributed by atoms with E-state index in [9.17, 15) is 14.7 Å². The van der Waals surface area contributed by atoms with Gasteiger partial charge >= 0.3 is 0 Å². The highest BCUT2D eigenvalue weighted by molar-refractivity contribution is 5.89. The number of hydrogen-bond acceptors (Lipinski definition) is 5. The zero-order chi connectivity index (χ0) is 27.9. The van der Waals surface area contributed by atoms with Crippen LogP contribution in [-0.4, -0.2) is 48.8 Å². The highest BCUT2D eigenvalue weighted by Crippen LogP contribution is 2.39. The number of para-hydroxylation sites is 1. The molecular formula is C33H36N2O5. The molecule has 5 rings (SSSR count). The van der Waals surface area contributed by atoms with Gasteiger partial charge in [-0.1, -0.05) is 67.6 Å². The lowest BCUT2D eigenvalue weighted by atomic mass is 9.91. The van der Waals surface area contributed by atoms with Crippen molar-refractivity contribution < 1.29 is 24.2 Å². The molecule has 1 saturated heterocycles. The molecule has 0 spiro atoms. The standard InChI is InChI=1S/C33H36N2O5/c1-23(33(38)34-26-16-18-39-19-17-26)20-30(37)29(21-24-8-3-2-4-9-24)35(22-36)28-11-7-13-32-27(28)15-14-25-10-5-6-12-31(25)40-32/h2-15,22-23,26,29-30,37H,16-21H2,1H3,(H,34,38)/t23-,29+,30+/m1/s1. The van der Waals surface area contributed by atoms with Crippen molar-refractivity contribution in [3.63, 3.8) is 0 Å². The Bertz CT molecular complexity index is 1340. The Labute approximate surface area is 235 Å². The molecule has 0 aromatic heterocycles. The molecule has 3 aromatic rings.